The lowest BCUT2D eigenvalue weighted by atomic mass is 10.1. The molecule has 1 heterocycles. The molecule has 0 radical (unpaired) electrons. The van der Waals surface area contributed by atoms with Gasteiger partial charge in [0.15, 0.2) is 0 Å². The second-order valence-corrected chi connectivity index (χ2v) is 6.72. The van der Waals surface area contributed by atoms with E-state index in [2.05, 4.69) is 9.64 Å². The number of carbonyl (C=O) groups is 1. The Morgan fingerprint density at radius 1 is 1.44 bits per heavy atom. The third-order valence-corrected chi connectivity index (χ3v) is 4.71. The van der Waals surface area contributed by atoms with E-state index in [0.29, 0.717) is 6.54 Å². The second-order valence-electron chi connectivity index (χ2n) is 6.31. The van der Waals surface area contributed by atoms with Crippen molar-refractivity contribution in [1.82, 2.24) is 9.80 Å². The van der Waals surface area contributed by atoms with Crippen molar-refractivity contribution in [2.24, 2.45) is 0 Å². The zero-order valence-corrected chi connectivity index (χ0v) is 14.9. The zero-order chi connectivity index (χ0) is 18.4. The van der Waals surface area contributed by atoms with Gasteiger partial charge in [0.25, 0.3) is 0 Å². The summed E-state index contributed by atoms with van der Waals surface area (Å²) < 4.78 is 28.9. The van der Waals surface area contributed by atoms with E-state index in [1.54, 1.807) is 12.1 Å². The van der Waals surface area contributed by atoms with E-state index in [1.807, 2.05) is 11.9 Å². The largest absolute Gasteiger partial charge is 0.480 e. The fourth-order valence-electron chi connectivity index (χ4n) is 3.17. The molecule has 1 aromatic carbocycles. The predicted molar refractivity (Wildman–Crippen MR) is 91.3 cm³/mol. The van der Waals surface area contributed by atoms with Crippen molar-refractivity contribution in [2.75, 3.05) is 26.7 Å². The van der Waals surface area contributed by atoms with Crippen molar-refractivity contribution < 1.29 is 23.4 Å². The Morgan fingerprint density at radius 3 is 2.84 bits per heavy atom. The highest BCUT2D eigenvalue weighted by Crippen LogP contribution is 2.28. The molecular weight excluding hydrogens is 354 g/mol. The molecule has 1 atom stereocenters. The third kappa shape index (κ3) is 6.41. The molecule has 8 heteroatoms. The van der Waals surface area contributed by atoms with Crippen LogP contribution in [0.25, 0.3) is 0 Å². The third-order valence-electron chi connectivity index (χ3n) is 4.42. The molecule has 0 bridgehead atoms. The van der Waals surface area contributed by atoms with Crippen LogP contribution in [0, 0.1) is 0 Å². The Hall–Kier alpha value is -1.44. The number of aliphatic carboxylic acids is 1. The molecule has 1 N–H and O–H groups in total. The highest BCUT2D eigenvalue weighted by Gasteiger charge is 2.22. The minimum Gasteiger partial charge on any atom is -0.480 e. The van der Waals surface area contributed by atoms with Crippen molar-refractivity contribution in [3.8, 4) is 5.75 Å². The van der Waals surface area contributed by atoms with E-state index < -0.39 is 12.6 Å². The molecule has 25 heavy (non-hydrogen) atoms. The van der Waals surface area contributed by atoms with Gasteiger partial charge in [-0.3, -0.25) is 14.6 Å². The van der Waals surface area contributed by atoms with Crippen LogP contribution in [0.3, 0.4) is 0 Å². The first-order valence-corrected chi connectivity index (χ1v) is 8.60. The summed E-state index contributed by atoms with van der Waals surface area (Å²) in [5.74, 6) is -0.837. The summed E-state index contributed by atoms with van der Waals surface area (Å²) in [4.78, 5) is 15.0. The molecule has 2 rings (SSSR count). The lowest BCUT2D eigenvalue weighted by molar-refractivity contribution is -0.138. The number of carboxylic acid groups (broad SMARTS) is 1. The van der Waals surface area contributed by atoms with E-state index in [4.69, 9.17) is 16.7 Å². The summed E-state index contributed by atoms with van der Waals surface area (Å²) in [7, 11) is 1.84. The maximum atomic E-state index is 12.3. The van der Waals surface area contributed by atoms with Gasteiger partial charge in [0.2, 0.25) is 0 Å². The molecule has 0 saturated carbocycles. The number of carboxylic acids is 1. The van der Waals surface area contributed by atoms with Gasteiger partial charge in [-0.1, -0.05) is 17.7 Å². The number of ether oxygens (including phenoxy) is 1. The van der Waals surface area contributed by atoms with Crippen LogP contribution in [0.4, 0.5) is 8.78 Å². The van der Waals surface area contributed by atoms with E-state index in [1.165, 1.54) is 6.07 Å². The summed E-state index contributed by atoms with van der Waals surface area (Å²) in [6, 6.07) is 5.11. The summed E-state index contributed by atoms with van der Waals surface area (Å²) in [5, 5.41) is 9.09. The summed E-state index contributed by atoms with van der Waals surface area (Å²) in [6.07, 6.45) is 2.83. The van der Waals surface area contributed by atoms with E-state index >= 15 is 0 Å². The monoisotopic (exact) mass is 376 g/mol. The maximum Gasteiger partial charge on any atom is 0.387 e. The average Bonchev–Trinajstić information content (AvgIpc) is 2.75. The van der Waals surface area contributed by atoms with Gasteiger partial charge in [-0.15, -0.1) is 0 Å². The number of hydrogen-bond acceptors (Lipinski definition) is 4. The van der Waals surface area contributed by atoms with Crippen LogP contribution in [-0.4, -0.2) is 60.2 Å². The van der Waals surface area contributed by atoms with Crippen LogP contribution in [0.15, 0.2) is 18.2 Å². The number of likely N-dealkylation sites (tertiary alicyclic amines) is 1. The summed E-state index contributed by atoms with van der Waals surface area (Å²) in [5.41, 5.74) is 0.934. The minimum absolute atomic E-state index is 0.0216. The number of nitrogens with zero attached hydrogens (tertiary/aromatic N) is 2. The quantitative estimate of drug-likeness (QED) is 0.791. The van der Waals surface area contributed by atoms with Crippen molar-refractivity contribution in [3.63, 3.8) is 0 Å². The van der Waals surface area contributed by atoms with Crippen LogP contribution in [0.1, 0.15) is 24.8 Å². The van der Waals surface area contributed by atoms with Gasteiger partial charge < -0.3 is 9.84 Å². The van der Waals surface area contributed by atoms with Gasteiger partial charge in [0.05, 0.1) is 11.6 Å². The van der Waals surface area contributed by atoms with Gasteiger partial charge >= 0.3 is 12.6 Å². The number of hydrogen-bond donors (Lipinski definition) is 1. The molecule has 0 aromatic heterocycles. The Balaban J connectivity index is 1.91. The fourth-order valence-corrected chi connectivity index (χ4v) is 3.42. The van der Waals surface area contributed by atoms with Crippen LogP contribution in [0.2, 0.25) is 5.02 Å². The van der Waals surface area contributed by atoms with Crippen molar-refractivity contribution >= 4 is 17.6 Å². The predicted octanol–water partition coefficient (Wildman–Crippen LogP) is 3.31. The van der Waals surface area contributed by atoms with Gasteiger partial charge in [0, 0.05) is 12.6 Å². The zero-order valence-electron chi connectivity index (χ0n) is 14.1. The highest BCUT2D eigenvalue weighted by molar-refractivity contribution is 6.32. The van der Waals surface area contributed by atoms with E-state index in [9.17, 15) is 13.6 Å². The van der Waals surface area contributed by atoms with E-state index in [-0.39, 0.29) is 23.4 Å². The van der Waals surface area contributed by atoms with Gasteiger partial charge in [-0.05, 0) is 57.1 Å². The van der Waals surface area contributed by atoms with E-state index in [0.717, 1.165) is 37.9 Å². The fraction of sp³-hybridized carbons (Fsp3) is 0.588. The Labute approximate surface area is 151 Å². The molecule has 0 aliphatic carbocycles. The molecule has 1 fully saturated rings. The Kier molecular flexibility index (Phi) is 7.40. The molecule has 1 saturated heterocycles. The van der Waals surface area contributed by atoms with Crippen molar-refractivity contribution in [3.05, 3.63) is 28.8 Å². The average molecular weight is 377 g/mol. The van der Waals surface area contributed by atoms with Gasteiger partial charge in [-0.2, -0.15) is 8.78 Å². The molecule has 1 aromatic rings. The van der Waals surface area contributed by atoms with Crippen LogP contribution >= 0.6 is 11.6 Å². The van der Waals surface area contributed by atoms with Crippen LogP contribution in [0.5, 0.6) is 5.75 Å². The van der Waals surface area contributed by atoms with Crippen molar-refractivity contribution in [1.29, 1.82) is 0 Å². The summed E-state index contributed by atoms with van der Waals surface area (Å²) >= 11 is 6.00. The summed E-state index contributed by atoms with van der Waals surface area (Å²) in [6.45, 7) is -0.421. The number of halogens is 3. The normalized spacial score (nSPS) is 19.2. The molecule has 0 amide bonds. The first kappa shape index (κ1) is 19.9. The number of alkyl halides is 2. The first-order chi connectivity index (χ1) is 11.8. The van der Waals surface area contributed by atoms with Crippen LogP contribution in [-0.2, 0) is 11.3 Å². The molecule has 1 aliphatic rings. The molecular formula is C17H23ClF2N2O3. The smallest absolute Gasteiger partial charge is 0.387 e. The number of benzene rings is 1. The topological polar surface area (TPSA) is 53.0 Å². The lowest BCUT2D eigenvalue weighted by Crippen LogP contribution is -2.36. The molecule has 140 valence electrons. The number of rotatable bonds is 7. The highest BCUT2D eigenvalue weighted by atomic mass is 35.5. The van der Waals surface area contributed by atoms with Gasteiger partial charge in [0.1, 0.15) is 5.75 Å². The lowest BCUT2D eigenvalue weighted by Gasteiger charge is -2.25. The van der Waals surface area contributed by atoms with Gasteiger partial charge in [-0.25, -0.2) is 0 Å². The molecule has 5 nitrogen and oxygen atoms in total. The second kappa shape index (κ2) is 9.31. The van der Waals surface area contributed by atoms with Crippen LogP contribution < -0.4 is 4.74 Å². The number of likely N-dealkylation sites (N-methyl/N-ethyl adjacent to an activating group) is 1. The standard InChI is InChI=1S/C17H23ClF2N2O3/c1-21(11-16(23)24)13-3-2-7-22(8-6-13)10-12-4-5-15(14(18)9-12)25-17(19)20/h4-5,9,13,17H,2-3,6-8,10-11H2,1H3,(H,23,24). The maximum absolute atomic E-state index is 12.3. The molecule has 0 spiro atoms. The van der Waals surface area contributed by atoms with Crippen molar-refractivity contribution in [2.45, 2.75) is 38.5 Å². The minimum atomic E-state index is -2.89. The molecule has 1 aliphatic heterocycles. The first-order valence-electron chi connectivity index (χ1n) is 8.22. The Bertz CT molecular complexity index is 589. The Morgan fingerprint density at radius 2 is 2.20 bits per heavy atom. The SMILES string of the molecule is CN(CC(=O)O)C1CCCN(Cc2ccc(OC(F)F)c(Cl)c2)CC1. The molecule has 1 unspecified atom stereocenters.